The second-order valence-corrected chi connectivity index (χ2v) is 3.25. The van der Waals surface area contributed by atoms with Crippen molar-refractivity contribution in [2.75, 3.05) is 0 Å². The molecule has 0 bridgehead atoms. The molecule has 0 heterocycles. The van der Waals surface area contributed by atoms with E-state index in [1.54, 1.807) is 0 Å². The molecule has 76 valence electrons. The van der Waals surface area contributed by atoms with Crippen LogP contribution in [0.3, 0.4) is 0 Å². The van der Waals surface area contributed by atoms with Gasteiger partial charge in [0.1, 0.15) is 0 Å². The van der Waals surface area contributed by atoms with Gasteiger partial charge in [-0.3, -0.25) is 0 Å². The summed E-state index contributed by atoms with van der Waals surface area (Å²) in [4.78, 5) is 0.0919. The predicted octanol–water partition coefficient (Wildman–Crippen LogP) is 2.70. The Labute approximate surface area is 83.0 Å². The van der Waals surface area contributed by atoms with Gasteiger partial charge in [0.05, 0.1) is 11.1 Å². The van der Waals surface area contributed by atoms with Crippen LogP contribution in [-0.4, -0.2) is 5.55 Å². The fourth-order valence-corrected chi connectivity index (χ4v) is 1.53. The number of halogens is 3. The Morgan fingerprint density at radius 2 is 1.93 bits per heavy atom. The van der Waals surface area contributed by atoms with E-state index in [2.05, 4.69) is 5.10 Å². The van der Waals surface area contributed by atoms with Crippen molar-refractivity contribution in [1.29, 1.82) is 0 Å². The summed E-state index contributed by atoms with van der Waals surface area (Å²) >= 11 is 0.837. The largest absolute Gasteiger partial charge is 0.417 e. The molecule has 2 nitrogen and oxygen atoms in total. The first kappa shape index (κ1) is 10.9. The Kier molecular flexibility index (Phi) is 3.40. The van der Waals surface area contributed by atoms with Crippen molar-refractivity contribution in [3.8, 4) is 0 Å². The number of nitrogens with two attached hydrogens (primary N) is 1. The molecule has 0 aliphatic rings. The molecule has 0 amide bonds. The Morgan fingerprint density at radius 1 is 1.29 bits per heavy atom. The lowest BCUT2D eigenvalue weighted by Crippen LogP contribution is -2.06. The highest BCUT2D eigenvalue weighted by Gasteiger charge is 2.32. The fraction of sp³-hybridized carbons (Fsp3) is 0.125. The van der Waals surface area contributed by atoms with E-state index in [0.717, 1.165) is 23.4 Å². The van der Waals surface area contributed by atoms with Gasteiger partial charge in [-0.1, -0.05) is 23.9 Å². The van der Waals surface area contributed by atoms with E-state index in [1.165, 1.54) is 18.2 Å². The maximum Gasteiger partial charge on any atom is 0.417 e. The number of hydrogen-bond acceptors (Lipinski definition) is 3. The zero-order valence-electron chi connectivity index (χ0n) is 6.95. The zero-order chi connectivity index (χ0) is 10.6. The number of alkyl halides is 3. The Bertz CT molecular complexity index is 336. The van der Waals surface area contributed by atoms with Gasteiger partial charge in [-0.2, -0.15) is 18.3 Å². The third kappa shape index (κ3) is 2.66. The van der Waals surface area contributed by atoms with E-state index in [0.29, 0.717) is 0 Å². The van der Waals surface area contributed by atoms with E-state index in [4.69, 9.17) is 5.84 Å². The molecule has 2 N–H and O–H groups in total. The second kappa shape index (κ2) is 4.36. The van der Waals surface area contributed by atoms with Gasteiger partial charge in [0.25, 0.3) is 0 Å². The third-order valence-electron chi connectivity index (χ3n) is 1.43. The van der Waals surface area contributed by atoms with E-state index >= 15 is 0 Å². The first-order valence-corrected chi connectivity index (χ1v) is 4.48. The van der Waals surface area contributed by atoms with E-state index in [1.807, 2.05) is 0 Å². The molecule has 0 radical (unpaired) electrons. The third-order valence-corrected chi connectivity index (χ3v) is 2.27. The Morgan fingerprint density at radius 3 is 2.50 bits per heavy atom. The van der Waals surface area contributed by atoms with Gasteiger partial charge in [0, 0.05) is 4.90 Å². The molecule has 0 aliphatic heterocycles. The van der Waals surface area contributed by atoms with Gasteiger partial charge < -0.3 is 5.84 Å². The van der Waals surface area contributed by atoms with E-state index in [9.17, 15) is 13.2 Å². The topological polar surface area (TPSA) is 38.4 Å². The average molecular weight is 220 g/mol. The van der Waals surface area contributed by atoms with Gasteiger partial charge >= 0.3 is 6.18 Å². The quantitative estimate of drug-likeness (QED) is 0.273. The number of rotatable bonds is 2. The van der Waals surface area contributed by atoms with Gasteiger partial charge in [0.15, 0.2) is 0 Å². The molecule has 0 atom stereocenters. The number of benzene rings is 1. The highest BCUT2D eigenvalue weighted by atomic mass is 32.2. The van der Waals surface area contributed by atoms with Crippen LogP contribution < -0.4 is 5.84 Å². The van der Waals surface area contributed by atoms with E-state index < -0.39 is 11.7 Å². The van der Waals surface area contributed by atoms with Crippen LogP contribution >= 0.6 is 11.8 Å². The summed E-state index contributed by atoms with van der Waals surface area (Å²) in [6.45, 7) is 0. The molecule has 1 aromatic carbocycles. The number of nitrogens with zero attached hydrogens (tertiary/aromatic N) is 1. The SMILES string of the molecule is N/N=C/Sc1ccccc1C(F)(F)F. The standard InChI is InChI=1S/C8H7F3N2S/c9-8(10,11)6-3-1-2-4-7(6)14-5-13-12/h1-5H,12H2/b13-5+. The molecular weight excluding hydrogens is 213 g/mol. The maximum absolute atomic E-state index is 12.4. The lowest BCUT2D eigenvalue weighted by atomic mass is 10.2. The van der Waals surface area contributed by atoms with Crippen molar-refractivity contribution < 1.29 is 13.2 Å². The minimum absolute atomic E-state index is 0.0919. The number of thioether (sulfide) groups is 1. The fourth-order valence-electron chi connectivity index (χ4n) is 0.891. The van der Waals surface area contributed by atoms with Crippen LogP contribution in [0.25, 0.3) is 0 Å². The smallest absolute Gasteiger partial charge is 0.323 e. The average Bonchev–Trinajstić information content (AvgIpc) is 2.14. The zero-order valence-corrected chi connectivity index (χ0v) is 7.77. The second-order valence-electron chi connectivity index (χ2n) is 2.37. The Balaban J connectivity index is 3.03. The maximum atomic E-state index is 12.4. The lowest BCUT2D eigenvalue weighted by molar-refractivity contribution is -0.139. The first-order chi connectivity index (χ1) is 6.55. The molecule has 1 aromatic rings. The summed E-state index contributed by atoms with van der Waals surface area (Å²) in [6, 6.07) is 5.26. The molecule has 0 aliphatic carbocycles. The first-order valence-electron chi connectivity index (χ1n) is 3.60. The monoisotopic (exact) mass is 220 g/mol. The van der Waals surface area contributed by atoms with Crippen LogP contribution in [0, 0.1) is 0 Å². The number of hydrazone groups is 1. The molecule has 0 saturated carbocycles. The number of hydrogen-bond donors (Lipinski definition) is 1. The van der Waals surface area contributed by atoms with Gasteiger partial charge in [-0.05, 0) is 12.1 Å². The van der Waals surface area contributed by atoms with Gasteiger partial charge in [0.2, 0.25) is 0 Å². The van der Waals surface area contributed by atoms with Crippen LogP contribution in [0.4, 0.5) is 13.2 Å². The van der Waals surface area contributed by atoms with Crippen LogP contribution in [0.2, 0.25) is 0 Å². The summed E-state index contributed by atoms with van der Waals surface area (Å²) in [5.41, 5.74) is 0.481. The molecule has 0 saturated heterocycles. The van der Waals surface area contributed by atoms with Gasteiger partial charge in [-0.15, -0.1) is 0 Å². The summed E-state index contributed by atoms with van der Waals surface area (Å²) in [5, 5.41) is 3.12. The highest BCUT2D eigenvalue weighted by molar-refractivity contribution is 8.12. The normalized spacial score (nSPS) is 12.2. The van der Waals surface area contributed by atoms with Crippen molar-refractivity contribution in [3.63, 3.8) is 0 Å². The van der Waals surface area contributed by atoms with Crippen molar-refractivity contribution in [1.82, 2.24) is 0 Å². The van der Waals surface area contributed by atoms with Crippen molar-refractivity contribution in [2.45, 2.75) is 11.1 Å². The lowest BCUT2D eigenvalue weighted by Gasteiger charge is -2.09. The predicted molar refractivity (Wildman–Crippen MR) is 50.0 cm³/mol. The summed E-state index contributed by atoms with van der Waals surface area (Å²) < 4.78 is 37.2. The summed E-state index contributed by atoms with van der Waals surface area (Å²) in [6.07, 6.45) is -4.34. The molecule has 0 unspecified atom stereocenters. The van der Waals surface area contributed by atoms with Crippen molar-refractivity contribution in [3.05, 3.63) is 29.8 Å². The summed E-state index contributed by atoms with van der Waals surface area (Å²) in [5.74, 6) is 4.80. The van der Waals surface area contributed by atoms with Crippen LogP contribution in [-0.2, 0) is 6.18 Å². The van der Waals surface area contributed by atoms with Crippen molar-refractivity contribution in [2.24, 2.45) is 10.9 Å². The van der Waals surface area contributed by atoms with Gasteiger partial charge in [-0.25, -0.2) is 0 Å². The molecule has 1 rings (SSSR count). The Hall–Kier alpha value is -1.17. The molecular formula is C8H7F3N2S. The molecule has 0 fully saturated rings. The molecule has 0 spiro atoms. The minimum Gasteiger partial charge on any atom is -0.323 e. The minimum atomic E-state index is -4.34. The van der Waals surface area contributed by atoms with Crippen LogP contribution in [0.15, 0.2) is 34.3 Å². The highest BCUT2D eigenvalue weighted by Crippen LogP contribution is 2.35. The summed E-state index contributed by atoms with van der Waals surface area (Å²) in [7, 11) is 0. The van der Waals surface area contributed by atoms with Crippen molar-refractivity contribution >= 4 is 17.3 Å². The molecule has 6 heteroatoms. The van der Waals surface area contributed by atoms with E-state index in [-0.39, 0.29) is 4.90 Å². The molecule has 0 aromatic heterocycles. The van der Waals surface area contributed by atoms with Crippen LogP contribution in [0.1, 0.15) is 5.56 Å². The van der Waals surface area contributed by atoms with Crippen LogP contribution in [0.5, 0.6) is 0 Å². The molecule has 14 heavy (non-hydrogen) atoms.